The van der Waals surface area contributed by atoms with Gasteiger partial charge in [-0.2, -0.15) is 0 Å². The number of amides is 2. The molecule has 1 aromatic heterocycles. The van der Waals surface area contributed by atoms with E-state index in [-0.39, 0.29) is 18.1 Å². The largest absolute Gasteiger partial charge is 0.449 e. The van der Waals surface area contributed by atoms with Gasteiger partial charge in [0.1, 0.15) is 11.3 Å². The number of carbonyl (C=O) groups excluding carboxylic acids is 2. The third kappa shape index (κ3) is 4.36. The van der Waals surface area contributed by atoms with Gasteiger partial charge in [0.2, 0.25) is 11.7 Å². The lowest BCUT2D eigenvalue weighted by Gasteiger charge is -2.08. The van der Waals surface area contributed by atoms with Crippen molar-refractivity contribution in [2.75, 3.05) is 10.6 Å². The summed E-state index contributed by atoms with van der Waals surface area (Å²) in [6.45, 7) is 1.97. The summed E-state index contributed by atoms with van der Waals surface area (Å²) in [4.78, 5) is 25.6. The molecule has 2 amide bonds. The lowest BCUT2D eigenvalue weighted by molar-refractivity contribution is -0.115. The van der Waals surface area contributed by atoms with Crippen molar-refractivity contribution in [3.63, 3.8) is 0 Å². The maximum atomic E-state index is 12.9. The number of nitrogens with one attached hydrogen (secondary N) is 2. The van der Waals surface area contributed by atoms with Gasteiger partial charge in [0.15, 0.2) is 0 Å². The van der Waals surface area contributed by atoms with Crippen LogP contribution in [0.25, 0.3) is 11.0 Å². The minimum absolute atomic E-state index is 0.0567. The lowest BCUT2D eigenvalue weighted by atomic mass is 10.1. The average molecular weight is 419 g/mol. The number of rotatable bonds is 5. The number of halogens is 1. The molecule has 4 rings (SSSR count). The van der Waals surface area contributed by atoms with Crippen molar-refractivity contribution >= 4 is 45.8 Å². The number of furan rings is 1. The van der Waals surface area contributed by atoms with Crippen LogP contribution in [-0.4, -0.2) is 11.8 Å². The van der Waals surface area contributed by atoms with Crippen LogP contribution in [0.5, 0.6) is 0 Å². The molecule has 0 fully saturated rings. The molecule has 0 radical (unpaired) electrons. The van der Waals surface area contributed by atoms with E-state index in [0.29, 0.717) is 27.4 Å². The Morgan fingerprint density at radius 2 is 1.60 bits per heavy atom. The Labute approximate surface area is 178 Å². The van der Waals surface area contributed by atoms with E-state index in [1.54, 1.807) is 36.4 Å². The number of carbonyl (C=O) groups is 2. The van der Waals surface area contributed by atoms with Gasteiger partial charge in [-0.1, -0.05) is 53.6 Å². The molecular weight excluding hydrogens is 400 g/mol. The highest BCUT2D eigenvalue weighted by Gasteiger charge is 2.22. The minimum Gasteiger partial charge on any atom is -0.449 e. The number of hydrogen-bond donors (Lipinski definition) is 2. The normalized spacial score (nSPS) is 10.7. The van der Waals surface area contributed by atoms with Gasteiger partial charge in [0.05, 0.1) is 6.42 Å². The predicted octanol–water partition coefficient (Wildman–Crippen LogP) is 5.83. The van der Waals surface area contributed by atoms with Gasteiger partial charge in [-0.05, 0) is 48.9 Å². The third-order valence-electron chi connectivity index (χ3n) is 4.65. The second-order valence-corrected chi connectivity index (χ2v) is 7.41. The second-order valence-electron chi connectivity index (χ2n) is 6.97. The fourth-order valence-electron chi connectivity index (χ4n) is 3.13. The van der Waals surface area contributed by atoms with E-state index in [4.69, 9.17) is 16.0 Å². The number of hydrogen-bond acceptors (Lipinski definition) is 3. The van der Waals surface area contributed by atoms with Crippen LogP contribution in [-0.2, 0) is 11.2 Å². The van der Waals surface area contributed by atoms with E-state index >= 15 is 0 Å². The molecule has 0 atom stereocenters. The van der Waals surface area contributed by atoms with E-state index in [1.807, 2.05) is 43.3 Å². The first-order valence-electron chi connectivity index (χ1n) is 9.43. The highest BCUT2D eigenvalue weighted by molar-refractivity contribution is 6.30. The number of para-hydroxylation sites is 1. The van der Waals surface area contributed by atoms with Crippen molar-refractivity contribution < 1.29 is 14.0 Å². The van der Waals surface area contributed by atoms with Crippen LogP contribution < -0.4 is 10.6 Å². The van der Waals surface area contributed by atoms with Crippen LogP contribution in [0.4, 0.5) is 11.4 Å². The van der Waals surface area contributed by atoms with Crippen LogP contribution >= 0.6 is 11.6 Å². The van der Waals surface area contributed by atoms with Gasteiger partial charge >= 0.3 is 0 Å². The Morgan fingerprint density at radius 1 is 0.900 bits per heavy atom. The summed E-state index contributed by atoms with van der Waals surface area (Å²) in [5.41, 5.74) is 3.43. The van der Waals surface area contributed by atoms with E-state index in [2.05, 4.69) is 10.6 Å². The molecular formula is C24H19ClN2O3. The molecule has 5 nitrogen and oxygen atoms in total. The molecule has 6 heteroatoms. The monoisotopic (exact) mass is 418 g/mol. The van der Waals surface area contributed by atoms with Crippen LogP contribution in [0.1, 0.15) is 21.7 Å². The number of aryl methyl sites for hydroxylation is 1. The number of fused-ring (bicyclic) bond motifs is 1. The van der Waals surface area contributed by atoms with E-state index in [9.17, 15) is 9.59 Å². The molecule has 1 heterocycles. The Kier molecular flexibility index (Phi) is 5.55. The first kappa shape index (κ1) is 19.7. The Balaban J connectivity index is 1.61. The molecule has 30 heavy (non-hydrogen) atoms. The van der Waals surface area contributed by atoms with Gasteiger partial charge in [0.25, 0.3) is 5.91 Å². The summed E-state index contributed by atoms with van der Waals surface area (Å²) in [7, 11) is 0. The van der Waals surface area contributed by atoms with Gasteiger partial charge in [-0.15, -0.1) is 0 Å². The van der Waals surface area contributed by atoms with Gasteiger partial charge in [-0.3, -0.25) is 9.59 Å². The van der Waals surface area contributed by atoms with E-state index in [1.165, 1.54) is 0 Å². The highest BCUT2D eigenvalue weighted by Crippen LogP contribution is 2.31. The maximum absolute atomic E-state index is 12.9. The fourth-order valence-corrected chi connectivity index (χ4v) is 3.25. The van der Waals surface area contributed by atoms with Crippen LogP contribution in [0, 0.1) is 6.92 Å². The molecule has 3 aromatic carbocycles. The average Bonchev–Trinajstić information content (AvgIpc) is 3.10. The Hall–Kier alpha value is -3.57. The molecule has 0 unspecified atom stereocenters. The molecule has 0 aliphatic carbocycles. The molecule has 0 aliphatic heterocycles. The van der Waals surface area contributed by atoms with Crippen molar-refractivity contribution in [3.8, 4) is 0 Å². The van der Waals surface area contributed by atoms with Gasteiger partial charge in [0, 0.05) is 16.1 Å². The van der Waals surface area contributed by atoms with Crippen molar-refractivity contribution in [1.82, 2.24) is 0 Å². The summed E-state index contributed by atoms with van der Waals surface area (Å²) < 4.78 is 5.78. The zero-order valence-corrected chi connectivity index (χ0v) is 17.0. The number of benzene rings is 3. The van der Waals surface area contributed by atoms with Gasteiger partial charge in [-0.25, -0.2) is 0 Å². The third-order valence-corrected chi connectivity index (χ3v) is 4.91. The highest BCUT2D eigenvalue weighted by atomic mass is 35.5. The first-order chi connectivity index (χ1) is 14.5. The Bertz CT molecular complexity index is 1210. The quantitative estimate of drug-likeness (QED) is 0.428. The molecule has 0 spiro atoms. The van der Waals surface area contributed by atoms with Crippen molar-refractivity contribution in [2.45, 2.75) is 13.3 Å². The summed E-state index contributed by atoms with van der Waals surface area (Å²) in [6, 6.07) is 21.7. The molecule has 150 valence electrons. The smallest absolute Gasteiger partial charge is 0.293 e. The molecule has 0 bridgehead atoms. The topological polar surface area (TPSA) is 71.3 Å². The summed E-state index contributed by atoms with van der Waals surface area (Å²) in [6.07, 6.45) is 0.149. The number of anilines is 2. The zero-order valence-electron chi connectivity index (χ0n) is 16.2. The van der Waals surface area contributed by atoms with Gasteiger partial charge < -0.3 is 15.1 Å². The summed E-state index contributed by atoms with van der Waals surface area (Å²) >= 11 is 5.90. The van der Waals surface area contributed by atoms with Crippen molar-refractivity contribution in [1.29, 1.82) is 0 Å². The van der Waals surface area contributed by atoms with Crippen LogP contribution in [0.2, 0.25) is 5.02 Å². The summed E-state index contributed by atoms with van der Waals surface area (Å²) in [5.74, 6) is -0.633. The van der Waals surface area contributed by atoms with E-state index < -0.39 is 5.91 Å². The molecule has 0 saturated carbocycles. The molecule has 0 saturated heterocycles. The second kappa shape index (κ2) is 8.43. The summed E-state index contributed by atoms with van der Waals surface area (Å²) in [5, 5.41) is 6.93. The SMILES string of the molecule is Cc1ccc(NC(=O)c2oc3ccccc3c2NC(=O)Cc2ccc(Cl)cc2)cc1. The zero-order chi connectivity index (χ0) is 21.1. The fraction of sp³-hybridized carbons (Fsp3) is 0.0833. The predicted molar refractivity (Wildman–Crippen MR) is 119 cm³/mol. The Morgan fingerprint density at radius 3 is 2.33 bits per heavy atom. The standard InChI is InChI=1S/C24H19ClN2O3/c1-15-6-12-18(13-7-15)26-24(29)23-22(19-4-2-3-5-20(19)30-23)27-21(28)14-16-8-10-17(25)11-9-16/h2-13H,14H2,1H3,(H,26,29)(H,27,28). The minimum atomic E-state index is -0.433. The molecule has 4 aromatic rings. The van der Waals surface area contributed by atoms with E-state index in [0.717, 1.165) is 11.1 Å². The maximum Gasteiger partial charge on any atom is 0.293 e. The van der Waals surface area contributed by atoms with Crippen LogP contribution in [0.3, 0.4) is 0 Å². The molecule has 2 N–H and O–H groups in total. The lowest BCUT2D eigenvalue weighted by Crippen LogP contribution is -2.18. The first-order valence-corrected chi connectivity index (χ1v) is 9.81. The van der Waals surface area contributed by atoms with Crippen molar-refractivity contribution in [2.24, 2.45) is 0 Å². The van der Waals surface area contributed by atoms with Crippen LogP contribution in [0.15, 0.2) is 77.2 Å². The van der Waals surface area contributed by atoms with Crippen molar-refractivity contribution in [3.05, 3.63) is 94.7 Å². The molecule has 0 aliphatic rings.